The van der Waals surface area contributed by atoms with Gasteiger partial charge in [-0.2, -0.15) is 0 Å². The minimum atomic E-state index is -1.000. The molecule has 1 aliphatic rings. The Labute approximate surface area is 217 Å². The molecule has 1 heterocycles. The average Bonchev–Trinajstić information content (AvgIpc) is 2.96. The Morgan fingerprint density at radius 1 is 0.784 bits per heavy atom. The van der Waals surface area contributed by atoms with Gasteiger partial charge in [0.2, 0.25) is 0 Å². The third kappa shape index (κ3) is 7.35. The second-order valence-corrected chi connectivity index (χ2v) is 8.61. The molecule has 0 bridgehead atoms. The molecule has 1 N–H and O–H groups in total. The summed E-state index contributed by atoms with van der Waals surface area (Å²) in [5.74, 6) is -0.543. The molecule has 3 aromatic carbocycles. The van der Waals surface area contributed by atoms with E-state index in [4.69, 9.17) is 23.7 Å². The standard InChI is InChI=1S/C30H32O7/c1-2-18-33-30-28(37-29(32)24-16-10-5-11-17-24)27(35-21-23-14-8-4-9-15-23)26(25(19-31)36-30)34-20-22-12-6-3-7-13-22/h2-17,25-28,30-31H,1,18-21H2/t25-,26-,27+,28+,30+/m1/s1. The van der Waals surface area contributed by atoms with Crippen molar-refractivity contribution in [2.75, 3.05) is 13.2 Å². The first-order chi connectivity index (χ1) is 18.2. The molecule has 5 atom stereocenters. The number of carbonyl (C=O) groups is 1. The summed E-state index contributed by atoms with van der Waals surface area (Å²) < 4.78 is 30.5. The molecule has 0 aliphatic carbocycles. The third-order valence-corrected chi connectivity index (χ3v) is 5.97. The van der Waals surface area contributed by atoms with Gasteiger partial charge in [0.05, 0.1) is 32.0 Å². The number of benzene rings is 3. The van der Waals surface area contributed by atoms with Gasteiger partial charge in [-0.1, -0.05) is 84.9 Å². The van der Waals surface area contributed by atoms with E-state index in [1.807, 2.05) is 66.7 Å². The Balaban J connectivity index is 1.63. The first-order valence-electron chi connectivity index (χ1n) is 12.3. The number of aliphatic hydroxyl groups is 1. The van der Waals surface area contributed by atoms with Crippen molar-refractivity contribution >= 4 is 5.97 Å². The van der Waals surface area contributed by atoms with E-state index in [-0.39, 0.29) is 26.4 Å². The van der Waals surface area contributed by atoms with E-state index in [0.717, 1.165) is 11.1 Å². The van der Waals surface area contributed by atoms with Gasteiger partial charge in [-0.3, -0.25) is 0 Å². The van der Waals surface area contributed by atoms with Crippen LogP contribution in [0.1, 0.15) is 21.5 Å². The summed E-state index contributed by atoms with van der Waals surface area (Å²) in [5.41, 5.74) is 2.27. The lowest BCUT2D eigenvalue weighted by Gasteiger charge is -2.45. The van der Waals surface area contributed by atoms with Gasteiger partial charge in [-0.05, 0) is 23.3 Å². The number of esters is 1. The maximum absolute atomic E-state index is 13.1. The Hall–Kier alpha value is -3.33. The van der Waals surface area contributed by atoms with Crippen molar-refractivity contribution in [1.29, 1.82) is 0 Å². The smallest absolute Gasteiger partial charge is 0.338 e. The highest BCUT2D eigenvalue weighted by atomic mass is 16.7. The third-order valence-electron chi connectivity index (χ3n) is 5.97. The molecule has 0 unspecified atom stereocenters. The van der Waals surface area contributed by atoms with Crippen molar-refractivity contribution < 1.29 is 33.6 Å². The Bertz CT molecular complexity index is 1090. The summed E-state index contributed by atoms with van der Waals surface area (Å²) in [6.07, 6.45) is -2.71. The molecule has 37 heavy (non-hydrogen) atoms. The minimum absolute atomic E-state index is 0.156. The first kappa shape index (κ1) is 26.7. The van der Waals surface area contributed by atoms with Crippen LogP contribution >= 0.6 is 0 Å². The number of aliphatic hydroxyl groups excluding tert-OH is 1. The summed E-state index contributed by atoms with van der Waals surface area (Å²) in [7, 11) is 0. The fraction of sp³-hybridized carbons (Fsp3) is 0.300. The SMILES string of the molecule is C=CCO[C@H]1O[C@H](CO)[C@@H](OCc2ccccc2)[C@H](OCc2ccccc2)[C@@H]1OC(=O)c1ccccc1. The van der Waals surface area contributed by atoms with E-state index in [1.54, 1.807) is 30.3 Å². The summed E-state index contributed by atoms with van der Waals surface area (Å²) in [6.45, 7) is 4.01. The van der Waals surface area contributed by atoms with Gasteiger partial charge in [-0.15, -0.1) is 6.58 Å². The van der Waals surface area contributed by atoms with Crippen LogP contribution in [0.2, 0.25) is 0 Å². The molecule has 4 rings (SSSR count). The molecule has 194 valence electrons. The van der Waals surface area contributed by atoms with Crippen LogP contribution in [0.4, 0.5) is 0 Å². The predicted octanol–water partition coefficient (Wildman–Crippen LogP) is 4.30. The second-order valence-electron chi connectivity index (χ2n) is 8.61. The molecule has 0 spiro atoms. The molecular weight excluding hydrogens is 472 g/mol. The average molecular weight is 505 g/mol. The molecule has 0 amide bonds. The molecule has 3 aromatic rings. The zero-order valence-corrected chi connectivity index (χ0v) is 20.6. The minimum Gasteiger partial charge on any atom is -0.450 e. The van der Waals surface area contributed by atoms with Crippen LogP contribution in [0.25, 0.3) is 0 Å². The topological polar surface area (TPSA) is 83.5 Å². The fourth-order valence-corrected chi connectivity index (χ4v) is 4.14. The summed E-state index contributed by atoms with van der Waals surface area (Å²) in [5, 5.41) is 10.2. The van der Waals surface area contributed by atoms with Crippen LogP contribution < -0.4 is 0 Å². The Morgan fingerprint density at radius 2 is 1.32 bits per heavy atom. The van der Waals surface area contributed by atoms with Crippen molar-refractivity contribution in [3.63, 3.8) is 0 Å². The van der Waals surface area contributed by atoms with Crippen LogP contribution in [-0.4, -0.2) is 55.0 Å². The highest BCUT2D eigenvalue weighted by Crippen LogP contribution is 2.31. The molecule has 7 heteroatoms. The van der Waals surface area contributed by atoms with E-state index in [9.17, 15) is 9.90 Å². The maximum atomic E-state index is 13.1. The van der Waals surface area contributed by atoms with Gasteiger partial charge in [-0.25, -0.2) is 4.79 Å². The molecule has 1 saturated heterocycles. The van der Waals surface area contributed by atoms with Crippen LogP contribution in [0.3, 0.4) is 0 Å². The van der Waals surface area contributed by atoms with Gasteiger partial charge in [0.25, 0.3) is 0 Å². The highest BCUT2D eigenvalue weighted by Gasteiger charge is 2.50. The summed E-state index contributed by atoms with van der Waals surface area (Å²) >= 11 is 0. The molecular formula is C30H32O7. The first-order valence-corrected chi connectivity index (χ1v) is 12.3. The van der Waals surface area contributed by atoms with Gasteiger partial charge < -0.3 is 28.8 Å². The second kappa shape index (κ2) is 13.8. The van der Waals surface area contributed by atoms with Gasteiger partial charge >= 0.3 is 5.97 Å². The molecule has 0 aromatic heterocycles. The van der Waals surface area contributed by atoms with Crippen molar-refractivity contribution in [3.8, 4) is 0 Å². The monoisotopic (exact) mass is 504 g/mol. The number of rotatable bonds is 12. The predicted molar refractivity (Wildman–Crippen MR) is 138 cm³/mol. The fourth-order valence-electron chi connectivity index (χ4n) is 4.14. The van der Waals surface area contributed by atoms with E-state index < -0.39 is 36.7 Å². The molecule has 1 fully saturated rings. The highest BCUT2D eigenvalue weighted by molar-refractivity contribution is 5.89. The van der Waals surface area contributed by atoms with Gasteiger partial charge in [0.1, 0.15) is 18.3 Å². The van der Waals surface area contributed by atoms with Gasteiger partial charge in [0.15, 0.2) is 12.4 Å². The maximum Gasteiger partial charge on any atom is 0.338 e. The summed E-state index contributed by atoms with van der Waals surface area (Å²) in [4.78, 5) is 13.1. The Morgan fingerprint density at radius 3 is 1.86 bits per heavy atom. The van der Waals surface area contributed by atoms with Crippen LogP contribution in [0.5, 0.6) is 0 Å². The van der Waals surface area contributed by atoms with Crippen molar-refractivity contribution in [2.45, 2.75) is 43.9 Å². The Kier molecular flexibility index (Phi) is 9.99. The van der Waals surface area contributed by atoms with Gasteiger partial charge in [0, 0.05) is 0 Å². The quantitative estimate of drug-likeness (QED) is 0.291. The van der Waals surface area contributed by atoms with Crippen molar-refractivity contribution in [2.24, 2.45) is 0 Å². The van der Waals surface area contributed by atoms with Crippen LogP contribution in [0, 0.1) is 0 Å². The van der Waals surface area contributed by atoms with Crippen molar-refractivity contribution in [1.82, 2.24) is 0 Å². The largest absolute Gasteiger partial charge is 0.450 e. The number of carbonyl (C=O) groups excluding carboxylic acids is 1. The van der Waals surface area contributed by atoms with Crippen molar-refractivity contribution in [3.05, 3.63) is 120 Å². The van der Waals surface area contributed by atoms with Crippen LogP contribution in [-0.2, 0) is 36.9 Å². The van der Waals surface area contributed by atoms with E-state index in [0.29, 0.717) is 5.56 Å². The lowest BCUT2D eigenvalue weighted by atomic mass is 9.98. The molecule has 0 saturated carbocycles. The lowest BCUT2D eigenvalue weighted by molar-refractivity contribution is -0.313. The van der Waals surface area contributed by atoms with E-state index in [2.05, 4.69) is 6.58 Å². The number of ether oxygens (including phenoxy) is 5. The van der Waals surface area contributed by atoms with E-state index in [1.165, 1.54) is 0 Å². The van der Waals surface area contributed by atoms with E-state index >= 15 is 0 Å². The lowest BCUT2D eigenvalue weighted by Crippen LogP contribution is -2.62. The molecule has 1 aliphatic heterocycles. The van der Waals surface area contributed by atoms with Crippen LogP contribution in [0.15, 0.2) is 104 Å². The molecule has 7 nitrogen and oxygen atoms in total. The molecule has 0 radical (unpaired) electrons. The number of hydrogen-bond donors (Lipinski definition) is 1. The number of hydrogen-bond acceptors (Lipinski definition) is 7. The summed E-state index contributed by atoms with van der Waals surface area (Å²) in [6, 6.07) is 28.0. The zero-order chi connectivity index (χ0) is 25.9. The normalized spacial score (nSPS) is 23.3. The zero-order valence-electron chi connectivity index (χ0n) is 20.6.